The molecular weight excluding hydrogens is 352 g/mol. The quantitative estimate of drug-likeness (QED) is 0.682. The van der Waals surface area contributed by atoms with E-state index in [0.29, 0.717) is 24.2 Å². The first-order chi connectivity index (χ1) is 13.7. The third kappa shape index (κ3) is 4.31. The molecule has 0 saturated carbocycles. The van der Waals surface area contributed by atoms with Gasteiger partial charge in [-0.15, -0.1) is 0 Å². The summed E-state index contributed by atoms with van der Waals surface area (Å²) in [5.41, 5.74) is 8.75. The molecule has 0 aliphatic carbocycles. The lowest BCUT2D eigenvalue weighted by atomic mass is 9.98. The van der Waals surface area contributed by atoms with Crippen LogP contribution in [0, 0.1) is 5.92 Å². The van der Waals surface area contributed by atoms with Crippen molar-refractivity contribution in [1.82, 2.24) is 19.9 Å². The van der Waals surface area contributed by atoms with E-state index >= 15 is 0 Å². The molecule has 1 aliphatic rings. The van der Waals surface area contributed by atoms with Crippen LogP contribution < -0.4 is 15.8 Å². The number of aromatic nitrogens is 3. The van der Waals surface area contributed by atoms with Crippen molar-refractivity contribution < 1.29 is 4.74 Å². The summed E-state index contributed by atoms with van der Waals surface area (Å²) in [4.78, 5) is 15.2. The minimum absolute atomic E-state index is 0.487. The molecule has 2 aromatic heterocycles. The highest BCUT2D eigenvalue weighted by Crippen LogP contribution is 2.24. The molecule has 7 nitrogen and oxygen atoms in total. The second-order valence-corrected chi connectivity index (χ2v) is 7.38. The third-order valence-corrected chi connectivity index (χ3v) is 5.28. The first-order valence-corrected chi connectivity index (χ1v) is 9.68. The molecule has 0 unspecified atom stereocenters. The van der Waals surface area contributed by atoms with Crippen molar-refractivity contribution in [2.24, 2.45) is 5.92 Å². The molecule has 7 heteroatoms. The standard InChI is InChI=1S/C21H26N6O/c1-27-9-7-15(8-10-27)13-28-19-6-5-16(12-24-19)11-23-18-4-2-3-17-20(18)25-14-26-21(17)22/h2-6,12,14-15,23H,7-11,13H2,1H3,(H2,22,25,26). The fourth-order valence-corrected chi connectivity index (χ4v) is 3.48. The number of fused-ring (bicyclic) bond motifs is 1. The molecule has 3 aromatic rings. The maximum atomic E-state index is 5.93. The number of para-hydroxylation sites is 1. The van der Waals surface area contributed by atoms with E-state index in [-0.39, 0.29) is 0 Å². The van der Waals surface area contributed by atoms with Crippen molar-refractivity contribution in [3.8, 4) is 5.88 Å². The van der Waals surface area contributed by atoms with Crippen molar-refractivity contribution >= 4 is 22.4 Å². The second-order valence-electron chi connectivity index (χ2n) is 7.38. The van der Waals surface area contributed by atoms with E-state index in [9.17, 15) is 0 Å². The molecule has 146 valence electrons. The fourth-order valence-electron chi connectivity index (χ4n) is 3.48. The molecule has 0 amide bonds. The van der Waals surface area contributed by atoms with Gasteiger partial charge in [-0.2, -0.15) is 0 Å². The number of nitrogens with two attached hydrogens (primary N) is 1. The van der Waals surface area contributed by atoms with Crippen LogP contribution in [-0.2, 0) is 6.54 Å². The van der Waals surface area contributed by atoms with Gasteiger partial charge < -0.3 is 20.7 Å². The molecule has 1 aromatic carbocycles. The highest BCUT2D eigenvalue weighted by molar-refractivity contribution is 5.96. The number of nitrogens with one attached hydrogen (secondary N) is 1. The Balaban J connectivity index is 1.33. The first kappa shape index (κ1) is 18.4. The molecule has 28 heavy (non-hydrogen) atoms. The number of benzene rings is 1. The van der Waals surface area contributed by atoms with Crippen LogP contribution in [0.5, 0.6) is 5.88 Å². The molecule has 0 radical (unpaired) electrons. The number of hydrogen-bond acceptors (Lipinski definition) is 7. The summed E-state index contributed by atoms with van der Waals surface area (Å²) in [7, 11) is 2.17. The molecule has 0 bridgehead atoms. The Kier molecular flexibility index (Phi) is 5.53. The SMILES string of the molecule is CN1CCC(COc2ccc(CNc3cccc4c(N)ncnc34)cn2)CC1. The van der Waals surface area contributed by atoms with E-state index in [1.807, 2.05) is 36.5 Å². The number of rotatable bonds is 6. The Labute approximate surface area is 165 Å². The topological polar surface area (TPSA) is 89.2 Å². The van der Waals surface area contributed by atoms with Crippen LogP contribution in [0.1, 0.15) is 18.4 Å². The first-order valence-electron chi connectivity index (χ1n) is 9.68. The summed E-state index contributed by atoms with van der Waals surface area (Å²) in [6.07, 6.45) is 5.72. The van der Waals surface area contributed by atoms with E-state index in [1.54, 1.807) is 0 Å². The molecule has 3 heterocycles. The molecule has 0 atom stereocenters. The van der Waals surface area contributed by atoms with Crippen molar-refractivity contribution in [2.75, 3.05) is 37.8 Å². The van der Waals surface area contributed by atoms with Crippen molar-refractivity contribution in [3.05, 3.63) is 48.4 Å². The van der Waals surface area contributed by atoms with Crippen molar-refractivity contribution in [2.45, 2.75) is 19.4 Å². The van der Waals surface area contributed by atoms with Gasteiger partial charge in [0.05, 0.1) is 17.8 Å². The van der Waals surface area contributed by atoms with Gasteiger partial charge in [-0.1, -0.05) is 12.1 Å². The molecule has 1 fully saturated rings. The lowest BCUT2D eigenvalue weighted by Crippen LogP contribution is -2.32. The number of nitrogens with zero attached hydrogens (tertiary/aromatic N) is 4. The Morgan fingerprint density at radius 3 is 2.79 bits per heavy atom. The largest absolute Gasteiger partial charge is 0.477 e. The minimum Gasteiger partial charge on any atom is -0.477 e. The zero-order chi connectivity index (χ0) is 19.3. The van der Waals surface area contributed by atoms with Crippen LogP contribution in [0.2, 0.25) is 0 Å². The van der Waals surface area contributed by atoms with E-state index in [2.05, 4.69) is 32.2 Å². The second kappa shape index (κ2) is 8.39. The van der Waals surface area contributed by atoms with Crippen LogP contribution in [0.4, 0.5) is 11.5 Å². The van der Waals surface area contributed by atoms with Crippen LogP contribution in [0.15, 0.2) is 42.9 Å². The van der Waals surface area contributed by atoms with Gasteiger partial charge in [0.1, 0.15) is 12.1 Å². The summed E-state index contributed by atoms with van der Waals surface area (Å²) < 4.78 is 5.89. The van der Waals surface area contributed by atoms with Gasteiger partial charge in [-0.05, 0) is 56.6 Å². The number of piperidine rings is 1. The molecular formula is C21H26N6O. The summed E-state index contributed by atoms with van der Waals surface area (Å²) in [6, 6.07) is 9.84. The maximum absolute atomic E-state index is 5.93. The lowest BCUT2D eigenvalue weighted by Gasteiger charge is -2.28. The zero-order valence-corrected chi connectivity index (χ0v) is 16.1. The van der Waals surface area contributed by atoms with Gasteiger partial charge in [0.15, 0.2) is 0 Å². The average molecular weight is 378 g/mol. The van der Waals surface area contributed by atoms with Crippen molar-refractivity contribution in [1.29, 1.82) is 0 Å². The highest BCUT2D eigenvalue weighted by Gasteiger charge is 2.17. The Hall–Kier alpha value is -2.93. The van der Waals surface area contributed by atoms with Gasteiger partial charge in [0.2, 0.25) is 5.88 Å². The van der Waals surface area contributed by atoms with Crippen molar-refractivity contribution in [3.63, 3.8) is 0 Å². The fraction of sp³-hybridized carbons (Fsp3) is 0.381. The van der Waals surface area contributed by atoms with Crippen LogP contribution in [0.25, 0.3) is 10.9 Å². The summed E-state index contributed by atoms with van der Waals surface area (Å²) in [5, 5.41) is 4.26. The number of pyridine rings is 1. The number of likely N-dealkylation sites (tertiary alicyclic amines) is 1. The van der Waals surface area contributed by atoms with Crippen LogP contribution in [-0.4, -0.2) is 46.6 Å². The summed E-state index contributed by atoms with van der Waals surface area (Å²) >= 11 is 0. The Bertz CT molecular complexity index is 922. The predicted octanol–water partition coefficient (Wildman–Crippen LogP) is 2.94. The Morgan fingerprint density at radius 2 is 2.00 bits per heavy atom. The van der Waals surface area contributed by atoms with E-state index in [4.69, 9.17) is 10.5 Å². The molecule has 1 aliphatic heterocycles. The van der Waals surface area contributed by atoms with E-state index in [1.165, 1.54) is 19.2 Å². The number of ether oxygens (including phenoxy) is 1. The highest BCUT2D eigenvalue weighted by atomic mass is 16.5. The lowest BCUT2D eigenvalue weighted by molar-refractivity contribution is 0.157. The average Bonchev–Trinajstić information content (AvgIpc) is 2.73. The molecule has 3 N–H and O–H groups in total. The third-order valence-electron chi connectivity index (χ3n) is 5.28. The predicted molar refractivity (Wildman–Crippen MR) is 111 cm³/mol. The summed E-state index contributed by atoms with van der Waals surface area (Å²) in [6.45, 7) is 3.69. The van der Waals surface area contributed by atoms with E-state index in [0.717, 1.165) is 41.9 Å². The molecule has 1 saturated heterocycles. The van der Waals surface area contributed by atoms with E-state index < -0.39 is 0 Å². The Morgan fingerprint density at radius 1 is 1.14 bits per heavy atom. The molecule has 0 spiro atoms. The van der Waals surface area contributed by atoms with Crippen LogP contribution in [0.3, 0.4) is 0 Å². The number of hydrogen-bond donors (Lipinski definition) is 2. The van der Waals surface area contributed by atoms with Gasteiger partial charge in [0, 0.05) is 24.2 Å². The zero-order valence-electron chi connectivity index (χ0n) is 16.1. The van der Waals surface area contributed by atoms with Crippen LogP contribution >= 0.6 is 0 Å². The van der Waals surface area contributed by atoms with Gasteiger partial charge >= 0.3 is 0 Å². The maximum Gasteiger partial charge on any atom is 0.213 e. The van der Waals surface area contributed by atoms with Gasteiger partial charge in [-0.3, -0.25) is 0 Å². The van der Waals surface area contributed by atoms with Gasteiger partial charge in [0.25, 0.3) is 0 Å². The van der Waals surface area contributed by atoms with Gasteiger partial charge in [-0.25, -0.2) is 15.0 Å². The summed E-state index contributed by atoms with van der Waals surface area (Å²) in [5.74, 6) is 1.80. The molecule has 4 rings (SSSR count). The smallest absolute Gasteiger partial charge is 0.213 e. The monoisotopic (exact) mass is 378 g/mol. The number of anilines is 2. The minimum atomic E-state index is 0.487. The number of nitrogen functional groups attached to an aromatic ring is 1. The normalized spacial score (nSPS) is 15.6.